The lowest BCUT2D eigenvalue weighted by Gasteiger charge is -2.23. The number of nitrogens with two attached hydrogens (primary N) is 1. The summed E-state index contributed by atoms with van der Waals surface area (Å²) in [7, 11) is -3.44. The molecule has 0 aliphatic carbocycles. The van der Waals surface area contributed by atoms with Crippen LogP contribution in [-0.2, 0) is 10.0 Å². The summed E-state index contributed by atoms with van der Waals surface area (Å²) < 4.78 is 26.7. The van der Waals surface area contributed by atoms with E-state index in [1.165, 1.54) is 0 Å². The van der Waals surface area contributed by atoms with Gasteiger partial charge in [-0.2, -0.15) is 0 Å². The fourth-order valence-corrected chi connectivity index (χ4v) is 3.87. The van der Waals surface area contributed by atoms with Crippen molar-refractivity contribution in [1.29, 1.82) is 0 Å². The van der Waals surface area contributed by atoms with Crippen molar-refractivity contribution in [3.8, 4) is 0 Å². The van der Waals surface area contributed by atoms with Crippen LogP contribution in [0.5, 0.6) is 0 Å². The number of nitrogens with one attached hydrogen (secondary N) is 1. The zero-order valence-electron chi connectivity index (χ0n) is 10.4. The molecule has 0 aromatic heterocycles. The highest BCUT2D eigenvalue weighted by molar-refractivity contribution is 7.93. The standard InChI is InChI=1S/C10H22N2O2S2/c1-5-8(7(3)4)12-16(13,14)9(6-2)10(11)15/h7-9,12H,5-6H2,1-4H3,(H2,11,15). The molecule has 96 valence electrons. The van der Waals surface area contributed by atoms with Crippen LogP contribution in [0.3, 0.4) is 0 Å². The Balaban J connectivity index is 4.85. The SMILES string of the molecule is CCC(NS(=O)(=O)C(CC)C(N)=S)C(C)C. The van der Waals surface area contributed by atoms with Crippen molar-refractivity contribution in [2.24, 2.45) is 11.7 Å². The second-order valence-electron chi connectivity index (χ2n) is 4.22. The zero-order chi connectivity index (χ0) is 12.9. The van der Waals surface area contributed by atoms with Gasteiger partial charge in [0, 0.05) is 6.04 Å². The summed E-state index contributed by atoms with van der Waals surface area (Å²) in [4.78, 5) is 0.0357. The van der Waals surface area contributed by atoms with E-state index in [1.54, 1.807) is 6.92 Å². The average Bonchev–Trinajstić information content (AvgIpc) is 2.13. The van der Waals surface area contributed by atoms with Crippen molar-refractivity contribution in [3.63, 3.8) is 0 Å². The van der Waals surface area contributed by atoms with E-state index in [-0.39, 0.29) is 16.9 Å². The van der Waals surface area contributed by atoms with Crippen LogP contribution < -0.4 is 10.5 Å². The van der Waals surface area contributed by atoms with Crippen LogP contribution >= 0.6 is 12.2 Å². The molecule has 0 aromatic carbocycles. The largest absolute Gasteiger partial charge is 0.392 e. The predicted octanol–water partition coefficient (Wildman–Crippen LogP) is 1.41. The highest BCUT2D eigenvalue weighted by Gasteiger charge is 2.29. The Morgan fingerprint density at radius 1 is 1.31 bits per heavy atom. The van der Waals surface area contributed by atoms with E-state index in [0.29, 0.717) is 6.42 Å². The van der Waals surface area contributed by atoms with Crippen molar-refractivity contribution in [2.45, 2.75) is 51.8 Å². The lowest BCUT2D eigenvalue weighted by atomic mass is 10.0. The monoisotopic (exact) mass is 266 g/mol. The van der Waals surface area contributed by atoms with E-state index in [1.807, 2.05) is 20.8 Å². The highest BCUT2D eigenvalue weighted by atomic mass is 32.2. The second kappa shape index (κ2) is 6.51. The first kappa shape index (κ1) is 15.8. The Bertz CT molecular complexity index is 326. The van der Waals surface area contributed by atoms with Crippen molar-refractivity contribution >= 4 is 27.2 Å². The molecule has 0 saturated heterocycles. The maximum atomic E-state index is 12.0. The third-order valence-electron chi connectivity index (χ3n) is 2.62. The molecule has 0 bridgehead atoms. The van der Waals surface area contributed by atoms with E-state index >= 15 is 0 Å². The van der Waals surface area contributed by atoms with Crippen LogP contribution in [0.4, 0.5) is 0 Å². The second-order valence-corrected chi connectivity index (χ2v) is 6.59. The third-order valence-corrected chi connectivity index (χ3v) is 5.02. The van der Waals surface area contributed by atoms with Gasteiger partial charge >= 0.3 is 0 Å². The van der Waals surface area contributed by atoms with E-state index in [4.69, 9.17) is 18.0 Å². The van der Waals surface area contributed by atoms with Crippen LogP contribution in [0.2, 0.25) is 0 Å². The molecule has 0 spiro atoms. The lowest BCUT2D eigenvalue weighted by Crippen LogP contribution is -2.47. The molecule has 0 amide bonds. The molecule has 4 nitrogen and oxygen atoms in total. The summed E-state index contributed by atoms with van der Waals surface area (Å²) in [6.45, 7) is 7.69. The molecule has 0 rings (SSSR count). The quantitative estimate of drug-likeness (QED) is 0.683. The molecule has 0 aromatic rings. The van der Waals surface area contributed by atoms with Crippen LogP contribution in [-0.4, -0.2) is 24.7 Å². The van der Waals surface area contributed by atoms with Gasteiger partial charge in [-0.05, 0) is 18.8 Å². The van der Waals surface area contributed by atoms with Gasteiger partial charge in [0.1, 0.15) is 5.25 Å². The third kappa shape index (κ3) is 4.35. The fraction of sp³-hybridized carbons (Fsp3) is 0.900. The first-order valence-electron chi connectivity index (χ1n) is 5.56. The Hall–Kier alpha value is -0.200. The van der Waals surface area contributed by atoms with Crippen molar-refractivity contribution < 1.29 is 8.42 Å². The summed E-state index contributed by atoms with van der Waals surface area (Å²) >= 11 is 4.78. The van der Waals surface area contributed by atoms with Gasteiger partial charge in [-0.15, -0.1) is 0 Å². The van der Waals surface area contributed by atoms with Gasteiger partial charge in [0.05, 0.1) is 4.99 Å². The van der Waals surface area contributed by atoms with Crippen molar-refractivity contribution in [3.05, 3.63) is 0 Å². The van der Waals surface area contributed by atoms with Crippen molar-refractivity contribution in [1.82, 2.24) is 4.72 Å². The Kier molecular flexibility index (Phi) is 6.43. The Morgan fingerprint density at radius 2 is 1.81 bits per heavy atom. The van der Waals surface area contributed by atoms with Crippen LogP contribution in [0.1, 0.15) is 40.5 Å². The molecular formula is C10H22N2O2S2. The molecule has 0 aliphatic heterocycles. The first-order chi connectivity index (χ1) is 7.26. The van der Waals surface area contributed by atoms with Gasteiger partial charge in [0.15, 0.2) is 0 Å². The Morgan fingerprint density at radius 3 is 2.06 bits per heavy atom. The number of sulfonamides is 1. The van der Waals surface area contributed by atoms with E-state index < -0.39 is 15.3 Å². The molecule has 6 heteroatoms. The molecule has 0 radical (unpaired) electrons. The molecule has 2 atom stereocenters. The van der Waals surface area contributed by atoms with Gasteiger partial charge in [-0.25, -0.2) is 13.1 Å². The van der Waals surface area contributed by atoms with Gasteiger partial charge < -0.3 is 5.73 Å². The molecule has 0 saturated carbocycles. The molecule has 16 heavy (non-hydrogen) atoms. The fourth-order valence-electron chi connectivity index (χ4n) is 1.56. The van der Waals surface area contributed by atoms with Crippen LogP contribution in [0.15, 0.2) is 0 Å². The highest BCUT2D eigenvalue weighted by Crippen LogP contribution is 2.11. The summed E-state index contributed by atoms with van der Waals surface area (Å²) in [5.74, 6) is 0.253. The number of hydrogen-bond acceptors (Lipinski definition) is 3. The molecule has 0 fully saturated rings. The van der Waals surface area contributed by atoms with Gasteiger partial charge in [-0.3, -0.25) is 0 Å². The minimum atomic E-state index is -3.44. The zero-order valence-corrected chi connectivity index (χ0v) is 12.0. The first-order valence-corrected chi connectivity index (χ1v) is 7.52. The lowest BCUT2D eigenvalue weighted by molar-refractivity contribution is 0.436. The number of hydrogen-bond donors (Lipinski definition) is 2. The van der Waals surface area contributed by atoms with E-state index in [2.05, 4.69) is 4.72 Å². The van der Waals surface area contributed by atoms with Gasteiger partial charge in [0.2, 0.25) is 10.0 Å². The van der Waals surface area contributed by atoms with E-state index in [9.17, 15) is 8.42 Å². The van der Waals surface area contributed by atoms with Gasteiger partial charge in [-0.1, -0.05) is 39.9 Å². The summed E-state index contributed by atoms with van der Waals surface area (Å²) in [6.07, 6.45) is 1.16. The number of rotatable bonds is 7. The summed E-state index contributed by atoms with van der Waals surface area (Å²) in [5, 5.41) is -0.768. The molecule has 0 aliphatic rings. The van der Waals surface area contributed by atoms with E-state index in [0.717, 1.165) is 6.42 Å². The molecule has 2 unspecified atom stereocenters. The topological polar surface area (TPSA) is 72.2 Å². The van der Waals surface area contributed by atoms with Crippen LogP contribution in [0.25, 0.3) is 0 Å². The normalized spacial score (nSPS) is 16.1. The summed E-state index contributed by atoms with van der Waals surface area (Å²) in [6, 6.07) is -0.0617. The van der Waals surface area contributed by atoms with Crippen LogP contribution in [0, 0.1) is 5.92 Å². The molecule has 3 N–H and O–H groups in total. The van der Waals surface area contributed by atoms with Crippen molar-refractivity contribution in [2.75, 3.05) is 0 Å². The minimum absolute atomic E-state index is 0.0357. The average molecular weight is 266 g/mol. The van der Waals surface area contributed by atoms with Gasteiger partial charge in [0.25, 0.3) is 0 Å². The number of thiocarbonyl (C=S) groups is 1. The Labute approximate surface area is 104 Å². The molecular weight excluding hydrogens is 244 g/mol. The molecule has 0 heterocycles. The smallest absolute Gasteiger partial charge is 0.221 e. The maximum Gasteiger partial charge on any atom is 0.221 e. The minimum Gasteiger partial charge on any atom is -0.392 e. The summed E-state index contributed by atoms with van der Waals surface area (Å²) in [5.41, 5.74) is 5.44. The maximum absolute atomic E-state index is 12.0. The predicted molar refractivity (Wildman–Crippen MR) is 71.8 cm³/mol.